The fourth-order valence-corrected chi connectivity index (χ4v) is 1.47. The molecule has 1 aromatic carbocycles. The maximum Gasteiger partial charge on any atom is 0.266 e. The Morgan fingerprint density at radius 2 is 2.38 bits per heavy atom. The molecule has 1 heterocycles. The van der Waals surface area contributed by atoms with Crippen LogP contribution < -0.4 is 5.56 Å². The Bertz CT molecular complexity index is 587. The van der Waals surface area contributed by atoms with Gasteiger partial charge in [-0.15, -0.1) is 0 Å². The normalized spacial score (nSPS) is 10.3. The number of ether oxygens (including phenoxy) is 1. The van der Waals surface area contributed by atoms with Crippen molar-refractivity contribution in [1.29, 1.82) is 0 Å². The number of fused-ring (bicyclic) bond motifs is 1. The highest BCUT2D eigenvalue weighted by atomic mass is 16.5. The molecule has 0 unspecified atom stereocenters. The molecule has 1 N–H and O–H groups in total. The summed E-state index contributed by atoms with van der Waals surface area (Å²) in [6.45, 7) is 6.30. The van der Waals surface area contributed by atoms with Gasteiger partial charge in [0.15, 0.2) is 0 Å². The maximum atomic E-state index is 11.0. The fourth-order valence-electron chi connectivity index (χ4n) is 1.47. The van der Waals surface area contributed by atoms with Crippen LogP contribution in [-0.2, 0) is 4.74 Å². The molecule has 1 aromatic heterocycles. The van der Waals surface area contributed by atoms with Crippen molar-refractivity contribution >= 4 is 16.8 Å². The molecule has 0 bridgehead atoms. The summed E-state index contributed by atoms with van der Waals surface area (Å²) in [6, 6.07) is 5.48. The standard InChI is InChI=1S/C12H12N2O2/c1-3-16-8(2)9-4-5-10-11(6-9)13-7-12(15)14-10/h4-7H,2-3H2,1H3,(H,14,15). The van der Waals surface area contributed by atoms with Gasteiger partial charge in [-0.3, -0.25) is 4.79 Å². The SMILES string of the molecule is C=C(OCC)c1ccc2[nH]c(=O)cnc2c1. The third-order valence-electron chi connectivity index (χ3n) is 2.22. The highest BCUT2D eigenvalue weighted by Crippen LogP contribution is 2.17. The van der Waals surface area contributed by atoms with Crippen LogP contribution >= 0.6 is 0 Å². The zero-order chi connectivity index (χ0) is 11.5. The topological polar surface area (TPSA) is 55.0 Å². The van der Waals surface area contributed by atoms with Crippen molar-refractivity contribution in [2.75, 3.05) is 6.61 Å². The molecule has 0 radical (unpaired) electrons. The lowest BCUT2D eigenvalue weighted by Crippen LogP contribution is -2.04. The first-order valence-corrected chi connectivity index (χ1v) is 5.02. The monoisotopic (exact) mass is 216 g/mol. The molecule has 4 heteroatoms. The molecular formula is C12H12N2O2. The molecule has 4 nitrogen and oxygen atoms in total. The van der Waals surface area contributed by atoms with E-state index in [1.165, 1.54) is 6.20 Å². The van der Waals surface area contributed by atoms with E-state index in [9.17, 15) is 4.79 Å². The third kappa shape index (κ3) is 1.95. The summed E-state index contributed by atoms with van der Waals surface area (Å²) in [5, 5.41) is 0. The molecule has 82 valence electrons. The van der Waals surface area contributed by atoms with Gasteiger partial charge in [-0.05, 0) is 25.1 Å². The Balaban J connectivity index is 2.48. The minimum absolute atomic E-state index is 0.205. The number of aromatic amines is 1. The molecule has 0 aliphatic heterocycles. The minimum Gasteiger partial charge on any atom is -0.494 e. The molecule has 0 aliphatic carbocycles. The number of nitrogens with one attached hydrogen (secondary N) is 1. The van der Waals surface area contributed by atoms with Gasteiger partial charge in [0, 0.05) is 5.56 Å². The zero-order valence-electron chi connectivity index (χ0n) is 8.99. The molecule has 2 aromatic rings. The van der Waals surface area contributed by atoms with Gasteiger partial charge in [-0.1, -0.05) is 6.58 Å². The number of benzene rings is 1. The van der Waals surface area contributed by atoms with E-state index in [4.69, 9.17) is 4.74 Å². The third-order valence-corrected chi connectivity index (χ3v) is 2.22. The zero-order valence-corrected chi connectivity index (χ0v) is 8.99. The predicted molar refractivity (Wildman–Crippen MR) is 63.0 cm³/mol. The van der Waals surface area contributed by atoms with Crippen molar-refractivity contribution in [3.05, 3.63) is 46.9 Å². The first kappa shape index (κ1) is 10.4. The average molecular weight is 216 g/mol. The summed E-state index contributed by atoms with van der Waals surface area (Å²) in [7, 11) is 0. The van der Waals surface area contributed by atoms with Crippen LogP contribution in [0, 0.1) is 0 Å². The second-order valence-corrected chi connectivity index (χ2v) is 3.34. The van der Waals surface area contributed by atoms with Crippen molar-refractivity contribution < 1.29 is 4.74 Å². The van der Waals surface area contributed by atoms with E-state index in [1.807, 2.05) is 19.1 Å². The predicted octanol–water partition coefficient (Wildman–Crippen LogP) is 1.93. The van der Waals surface area contributed by atoms with Crippen molar-refractivity contribution in [2.24, 2.45) is 0 Å². The highest BCUT2D eigenvalue weighted by molar-refractivity contribution is 5.78. The van der Waals surface area contributed by atoms with E-state index in [2.05, 4.69) is 16.5 Å². The second-order valence-electron chi connectivity index (χ2n) is 3.34. The number of H-pyrrole nitrogens is 1. The molecule has 0 saturated heterocycles. The second kappa shape index (κ2) is 4.18. The summed E-state index contributed by atoms with van der Waals surface area (Å²) < 4.78 is 5.31. The van der Waals surface area contributed by atoms with Gasteiger partial charge < -0.3 is 9.72 Å². The molecule has 2 rings (SSSR count). The van der Waals surface area contributed by atoms with E-state index < -0.39 is 0 Å². The van der Waals surface area contributed by atoms with Gasteiger partial charge in [-0.25, -0.2) is 4.98 Å². The number of hydrogen-bond donors (Lipinski definition) is 1. The van der Waals surface area contributed by atoms with Crippen LogP contribution in [0.2, 0.25) is 0 Å². The van der Waals surface area contributed by atoms with Gasteiger partial charge in [0.25, 0.3) is 5.56 Å². The Kier molecular flexibility index (Phi) is 2.72. The lowest BCUT2D eigenvalue weighted by Gasteiger charge is -2.07. The fraction of sp³-hybridized carbons (Fsp3) is 0.167. The number of nitrogens with zero attached hydrogens (tertiary/aromatic N) is 1. The summed E-state index contributed by atoms with van der Waals surface area (Å²) in [5.74, 6) is 0.609. The summed E-state index contributed by atoms with van der Waals surface area (Å²) in [6.07, 6.45) is 1.26. The van der Waals surface area contributed by atoms with Crippen LogP contribution in [0.3, 0.4) is 0 Å². The van der Waals surface area contributed by atoms with Gasteiger partial charge >= 0.3 is 0 Å². The van der Waals surface area contributed by atoms with Crippen LogP contribution in [-0.4, -0.2) is 16.6 Å². The number of hydrogen-bond acceptors (Lipinski definition) is 3. The lowest BCUT2D eigenvalue weighted by molar-refractivity contribution is 0.299. The summed E-state index contributed by atoms with van der Waals surface area (Å²) in [5.41, 5.74) is 2.09. The van der Waals surface area contributed by atoms with Crippen molar-refractivity contribution in [2.45, 2.75) is 6.92 Å². The van der Waals surface area contributed by atoms with Gasteiger partial charge in [-0.2, -0.15) is 0 Å². The van der Waals surface area contributed by atoms with Crippen molar-refractivity contribution in [3.8, 4) is 0 Å². The average Bonchev–Trinajstić information content (AvgIpc) is 2.28. The Morgan fingerprint density at radius 3 is 3.12 bits per heavy atom. The Hall–Kier alpha value is -2.10. The molecule has 0 aliphatic rings. The summed E-state index contributed by atoms with van der Waals surface area (Å²) >= 11 is 0. The van der Waals surface area contributed by atoms with Crippen molar-refractivity contribution in [1.82, 2.24) is 9.97 Å². The molecule has 0 saturated carbocycles. The highest BCUT2D eigenvalue weighted by Gasteiger charge is 2.02. The molecule has 0 spiro atoms. The first-order chi connectivity index (χ1) is 7.70. The Morgan fingerprint density at radius 1 is 1.56 bits per heavy atom. The number of aromatic nitrogens is 2. The quantitative estimate of drug-likeness (QED) is 0.797. The van der Waals surface area contributed by atoms with Crippen LogP contribution in [0.4, 0.5) is 0 Å². The van der Waals surface area contributed by atoms with Gasteiger partial charge in [0.2, 0.25) is 0 Å². The van der Waals surface area contributed by atoms with Crippen LogP contribution in [0.25, 0.3) is 16.8 Å². The summed E-state index contributed by atoms with van der Waals surface area (Å²) in [4.78, 5) is 17.8. The van der Waals surface area contributed by atoms with E-state index in [0.717, 1.165) is 11.1 Å². The van der Waals surface area contributed by atoms with E-state index in [1.54, 1.807) is 6.07 Å². The van der Waals surface area contributed by atoms with Crippen LogP contribution in [0.1, 0.15) is 12.5 Å². The largest absolute Gasteiger partial charge is 0.494 e. The van der Waals surface area contributed by atoms with Gasteiger partial charge in [0.1, 0.15) is 5.76 Å². The molecule has 0 fully saturated rings. The smallest absolute Gasteiger partial charge is 0.266 e. The van der Waals surface area contributed by atoms with E-state index in [0.29, 0.717) is 17.9 Å². The van der Waals surface area contributed by atoms with E-state index in [-0.39, 0.29) is 5.56 Å². The number of rotatable bonds is 3. The molecular weight excluding hydrogens is 204 g/mol. The maximum absolute atomic E-state index is 11.0. The van der Waals surface area contributed by atoms with Crippen molar-refractivity contribution in [3.63, 3.8) is 0 Å². The molecule has 16 heavy (non-hydrogen) atoms. The van der Waals surface area contributed by atoms with Gasteiger partial charge in [0.05, 0.1) is 23.8 Å². The van der Waals surface area contributed by atoms with E-state index >= 15 is 0 Å². The molecule has 0 atom stereocenters. The minimum atomic E-state index is -0.205. The lowest BCUT2D eigenvalue weighted by atomic mass is 10.1. The van der Waals surface area contributed by atoms with Crippen LogP contribution in [0.15, 0.2) is 35.8 Å². The molecule has 0 amide bonds. The first-order valence-electron chi connectivity index (χ1n) is 5.02. The van der Waals surface area contributed by atoms with Crippen LogP contribution in [0.5, 0.6) is 0 Å². The Labute approximate surface area is 92.6 Å².